The summed E-state index contributed by atoms with van der Waals surface area (Å²) < 4.78 is 9.59. The molecule has 15 heavy (non-hydrogen) atoms. The van der Waals surface area contributed by atoms with Crippen LogP contribution in [0.3, 0.4) is 0 Å². The standard InChI is InChI=1S/C10H15ClO4/c1-10(2,3)15-8(12)5-4-6-14-9(13)7-11/h4-5H,6-7H2,1-3H3/b5-4+. The molecule has 5 heteroatoms. The summed E-state index contributed by atoms with van der Waals surface area (Å²) in [5, 5.41) is 0. The molecule has 0 spiro atoms. The Bertz CT molecular complexity index is 253. The van der Waals surface area contributed by atoms with Gasteiger partial charge in [-0.15, -0.1) is 11.6 Å². The van der Waals surface area contributed by atoms with Crippen molar-refractivity contribution in [3.05, 3.63) is 12.2 Å². The molecule has 0 heterocycles. The first-order chi connectivity index (χ1) is 6.85. The SMILES string of the molecule is CC(C)(C)OC(=O)/C=C/COC(=O)CCl. The Labute approximate surface area is 94.2 Å². The van der Waals surface area contributed by atoms with Crippen molar-refractivity contribution in [1.82, 2.24) is 0 Å². The average Bonchev–Trinajstić information content (AvgIpc) is 2.09. The smallest absolute Gasteiger partial charge is 0.331 e. The second-order valence-corrected chi connectivity index (χ2v) is 4.02. The largest absolute Gasteiger partial charge is 0.461 e. The molecule has 0 aromatic carbocycles. The highest BCUT2D eigenvalue weighted by Gasteiger charge is 2.13. The van der Waals surface area contributed by atoms with Crippen LogP contribution < -0.4 is 0 Å². The highest BCUT2D eigenvalue weighted by atomic mass is 35.5. The number of alkyl halides is 1. The molecular weight excluding hydrogens is 220 g/mol. The topological polar surface area (TPSA) is 52.6 Å². The van der Waals surface area contributed by atoms with Crippen molar-refractivity contribution < 1.29 is 19.1 Å². The summed E-state index contributed by atoms with van der Waals surface area (Å²) in [6.45, 7) is 5.33. The van der Waals surface area contributed by atoms with Gasteiger partial charge >= 0.3 is 11.9 Å². The van der Waals surface area contributed by atoms with Crippen LogP contribution in [-0.4, -0.2) is 30.0 Å². The van der Waals surface area contributed by atoms with Gasteiger partial charge in [0.1, 0.15) is 18.1 Å². The van der Waals surface area contributed by atoms with E-state index in [-0.39, 0.29) is 12.5 Å². The second-order valence-electron chi connectivity index (χ2n) is 3.75. The van der Waals surface area contributed by atoms with Crippen LogP contribution in [0.1, 0.15) is 20.8 Å². The molecule has 0 fully saturated rings. The van der Waals surface area contributed by atoms with E-state index in [0.717, 1.165) is 0 Å². The lowest BCUT2D eigenvalue weighted by atomic mass is 10.2. The molecule has 0 aliphatic heterocycles. The molecule has 0 N–H and O–H groups in total. The Hall–Kier alpha value is -1.03. The zero-order valence-corrected chi connectivity index (χ0v) is 9.84. The first kappa shape index (κ1) is 14.0. The molecule has 0 saturated carbocycles. The minimum atomic E-state index is -0.523. The van der Waals surface area contributed by atoms with Crippen LogP contribution in [0.25, 0.3) is 0 Å². The molecule has 0 bridgehead atoms. The molecule has 86 valence electrons. The highest BCUT2D eigenvalue weighted by Crippen LogP contribution is 2.06. The maximum atomic E-state index is 11.1. The van der Waals surface area contributed by atoms with E-state index in [0.29, 0.717) is 0 Å². The molecule has 0 radical (unpaired) electrons. The van der Waals surface area contributed by atoms with Gasteiger partial charge in [-0.2, -0.15) is 0 Å². The van der Waals surface area contributed by atoms with Gasteiger partial charge in [-0.05, 0) is 26.8 Å². The second kappa shape index (κ2) is 6.45. The summed E-state index contributed by atoms with van der Waals surface area (Å²) in [6.07, 6.45) is 2.62. The van der Waals surface area contributed by atoms with Gasteiger partial charge in [0.05, 0.1) is 0 Å². The number of ether oxygens (including phenoxy) is 2. The maximum absolute atomic E-state index is 11.1. The minimum absolute atomic E-state index is 0.0186. The zero-order valence-electron chi connectivity index (χ0n) is 9.08. The van der Waals surface area contributed by atoms with Gasteiger partial charge in [-0.25, -0.2) is 4.79 Å². The van der Waals surface area contributed by atoms with Gasteiger partial charge in [-0.1, -0.05) is 0 Å². The molecule has 0 unspecified atom stereocenters. The van der Waals surface area contributed by atoms with E-state index >= 15 is 0 Å². The van der Waals surface area contributed by atoms with Crippen LogP contribution in [0.4, 0.5) is 0 Å². The number of carbonyl (C=O) groups is 2. The van der Waals surface area contributed by atoms with E-state index < -0.39 is 17.5 Å². The first-order valence-corrected chi connectivity index (χ1v) is 4.99. The van der Waals surface area contributed by atoms with Gasteiger partial charge in [0.25, 0.3) is 0 Å². The fourth-order valence-corrected chi connectivity index (χ4v) is 0.737. The number of esters is 2. The Balaban J connectivity index is 3.78. The van der Waals surface area contributed by atoms with Gasteiger partial charge in [-0.3, -0.25) is 4.79 Å². The molecule has 0 rings (SSSR count). The number of hydrogen-bond donors (Lipinski definition) is 0. The lowest BCUT2D eigenvalue weighted by Gasteiger charge is -2.17. The summed E-state index contributed by atoms with van der Waals surface area (Å²) in [4.78, 5) is 21.7. The van der Waals surface area contributed by atoms with Gasteiger partial charge in [0.15, 0.2) is 0 Å². The van der Waals surface area contributed by atoms with E-state index in [9.17, 15) is 9.59 Å². The molecule has 4 nitrogen and oxygen atoms in total. The van der Waals surface area contributed by atoms with E-state index in [1.165, 1.54) is 12.2 Å². The highest BCUT2D eigenvalue weighted by molar-refractivity contribution is 6.26. The van der Waals surface area contributed by atoms with Crippen LogP contribution in [-0.2, 0) is 19.1 Å². The summed E-state index contributed by atoms with van der Waals surface area (Å²) in [7, 11) is 0. The number of carbonyl (C=O) groups excluding carboxylic acids is 2. The molecule has 0 amide bonds. The van der Waals surface area contributed by atoms with E-state index in [4.69, 9.17) is 16.3 Å². The fourth-order valence-electron chi connectivity index (χ4n) is 0.660. The predicted octanol–water partition coefficient (Wildman–Crippen LogP) is 1.67. The fraction of sp³-hybridized carbons (Fsp3) is 0.600. The summed E-state index contributed by atoms with van der Waals surface area (Å²) >= 11 is 5.19. The van der Waals surface area contributed by atoms with Crippen LogP contribution in [0.5, 0.6) is 0 Å². The number of hydrogen-bond acceptors (Lipinski definition) is 4. The molecule has 0 aliphatic carbocycles. The van der Waals surface area contributed by atoms with Gasteiger partial charge in [0.2, 0.25) is 0 Å². The molecule has 0 aromatic rings. The quantitative estimate of drug-likeness (QED) is 0.422. The summed E-state index contributed by atoms with van der Waals surface area (Å²) in [6, 6.07) is 0. The third-order valence-electron chi connectivity index (χ3n) is 1.11. The minimum Gasteiger partial charge on any atom is -0.461 e. The van der Waals surface area contributed by atoms with Crippen molar-refractivity contribution >= 4 is 23.5 Å². The van der Waals surface area contributed by atoms with Crippen molar-refractivity contribution in [2.75, 3.05) is 12.5 Å². The van der Waals surface area contributed by atoms with E-state index in [1.807, 2.05) is 0 Å². The normalized spacial score (nSPS) is 11.5. The van der Waals surface area contributed by atoms with Crippen molar-refractivity contribution in [2.45, 2.75) is 26.4 Å². The Morgan fingerprint density at radius 3 is 2.40 bits per heavy atom. The predicted molar refractivity (Wildman–Crippen MR) is 56.7 cm³/mol. The monoisotopic (exact) mass is 234 g/mol. The summed E-state index contributed by atoms with van der Waals surface area (Å²) in [5.74, 6) is -1.18. The first-order valence-electron chi connectivity index (χ1n) is 4.46. The molecule has 0 saturated heterocycles. The Morgan fingerprint density at radius 1 is 1.33 bits per heavy atom. The van der Waals surface area contributed by atoms with Crippen LogP contribution >= 0.6 is 11.6 Å². The molecule has 0 atom stereocenters. The van der Waals surface area contributed by atoms with Crippen LogP contribution in [0.15, 0.2) is 12.2 Å². The summed E-state index contributed by atoms with van der Waals surface area (Å²) in [5.41, 5.74) is -0.520. The van der Waals surface area contributed by atoms with Crippen LogP contribution in [0.2, 0.25) is 0 Å². The number of halogens is 1. The van der Waals surface area contributed by atoms with E-state index in [2.05, 4.69) is 4.74 Å². The van der Waals surface area contributed by atoms with Crippen molar-refractivity contribution in [1.29, 1.82) is 0 Å². The van der Waals surface area contributed by atoms with Crippen molar-refractivity contribution in [2.24, 2.45) is 0 Å². The molecule has 0 aromatic heterocycles. The molecular formula is C10H15ClO4. The lowest BCUT2D eigenvalue weighted by Crippen LogP contribution is -2.22. The third kappa shape index (κ3) is 9.28. The number of rotatable bonds is 4. The van der Waals surface area contributed by atoms with Gasteiger partial charge in [0, 0.05) is 6.08 Å². The van der Waals surface area contributed by atoms with Crippen molar-refractivity contribution in [3.8, 4) is 0 Å². The lowest BCUT2D eigenvalue weighted by molar-refractivity contribution is -0.148. The molecule has 0 aliphatic rings. The maximum Gasteiger partial charge on any atom is 0.331 e. The average molecular weight is 235 g/mol. The van der Waals surface area contributed by atoms with E-state index in [1.54, 1.807) is 20.8 Å². The Morgan fingerprint density at radius 2 is 1.93 bits per heavy atom. The van der Waals surface area contributed by atoms with Crippen molar-refractivity contribution in [3.63, 3.8) is 0 Å². The third-order valence-corrected chi connectivity index (χ3v) is 1.33. The van der Waals surface area contributed by atoms with Gasteiger partial charge < -0.3 is 9.47 Å². The zero-order chi connectivity index (χ0) is 11.9. The van der Waals surface area contributed by atoms with Crippen LogP contribution in [0, 0.1) is 0 Å². The Kier molecular flexibility index (Phi) is 6.01.